The largest absolute Gasteiger partial charge is 0.464 e. The SMILES string of the molecule is COC(=O)c1ccc(NCc2cnn(C)c2N)nn1. The Morgan fingerprint density at radius 2 is 2.26 bits per heavy atom. The van der Waals surface area contributed by atoms with Gasteiger partial charge in [-0.05, 0) is 12.1 Å². The number of nitrogens with two attached hydrogens (primary N) is 1. The highest BCUT2D eigenvalue weighted by Crippen LogP contribution is 2.11. The standard InChI is InChI=1S/C11H14N6O2/c1-17-10(12)7(6-14-17)5-13-9-4-3-8(15-16-9)11(18)19-2/h3-4,6H,5,12H2,1-2H3,(H,13,16). The molecule has 2 aromatic rings. The predicted molar refractivity (Wildman–Crippen MR) is 68.3 cm³/mol. The maximum atomic E-state index is 11.2. The molecule has 8 heteroatoms. The van der Waals surface area contributed by atoms with Crippen LogP contribution < -0.4 is 11.1 Å². The molecular weight excluding hydrogens is 248 g/mol. The smallest absolute Gasteiger partial charge is 0.358 e. The van der Waals surface area contributed by atoms with E-state index in [1.165, 1.54) is 13.2 Å². The molecule has 0 aliphatic rings. The summed E-state index contributed by atoms with van der Waals surface area (Å²) in [4.78, 5) is 11.2. The second-order valence-electron chi connectivity index (χ2n) is 3.83. The number of rotatable bonds is 4. The number of aromatic nitrogens is 4. The normalized spacial score (nSPS) is 10.2. The topological polar surface area (TPSA) is 108 Å². The quantitative estimate of drug-likeness (QED) is 0.757. The molecule has 2 rings (SSSR count). The van der Waals surface area contributed by atoms with Crippen molar-refractivity contribution >= 4 is 17.6 Å². The number of carbonyl (C=O) groups is 1. The number of hydrogen-bond acceptors (Lipinski definition) is 7. The van der Waals surface area contributed by atoms with Crippen molar-refractivity contribution in [3.8, 4) is 0 Å². The minimum atomic E-state index is -0.518. The molecule has 0 aliphatic heterocycles. The van der Waals surface area contributed by atoms with Gasteiger partial charge in [-0.2, -0.15) is 5.10 Å². The van der Waals surface area contributed by atoms with Crippen LogP contribution >= 0.6 is 0 Å². The highest BCUT2D eigenvalue weighted by molar-refractivity contribution is 5.86. The average molecular weight is 262 g/mol. The monoisotopic (exact) mass is 262 g/mol. The molecular formula is C11H14N6O2. The summed E-state index contributed by atoms with van der Waals surface area (Å²) in [6, 6.07) is 3.18. The Morgan fingerprint density at radius 1 is 1.47 bits per heavy atom. The summed E-state index contributed by atoms with van der Waals surface area (Å²) in [7, 11) is 3.06. The number of carbonyl (C=O) groups excluding carboxylic acids is 1. The fourth-order valence-electron chi connectivity index (χ4n) is 1.45. The summed E-state index contributed by atoms with van der Waals surface area (Å²) < 4.78 is 6.12. The van der Waals surface area contributed by atoms with Crippen molar-refractivity contribution in [1.29, 1.82) is 0 Å². The molecule has 0 bridgehead atoms. The van der Waals surface area contributed by atoms with Gasteiger partial charge in [0.1, 0.15) is 11.6 Å². The van der Waals surface area contributed by atoms with E-state index in [-0.39, 0.29) is 5.69 Å². The molecule has 0 spiro atoms. The van der Waals surface area contributed by atoms with Crippen LogP contribution in [0, 0.1) is 0 Å². The van der Waals surface area contributed by atoms with Crippen molar-refractivity contribution in [3.05, 3.63) is 29.6 Å². The fraction of sp³-hybridized carbons (Fsp3) is 0.273. The van der Waals surface area contributed by atoms with E-state index in [0.717, 1.165) is 5.56 Å². The van der Waals surface area contributed by atoms with E-state index >= 15 is 0 Å². The second-order valence-corrected chi connectivity index (χ2v) is 3.83. The maximum absolute atomic E-state index is 11.2. The van der Waals surface area contributed by atoms with Gasteiger partial charge in [0.25, 0.3) is 0 Å². The van der Waals surface area contributed by atoms with Gasteiger partial charge in [0.05, 0.1) is 13.3 Å². The first kappa shape index (κ1) is 12.8. The zero-order valence-electron chi connectivity index (χ0n) is 10.6. The maximum Gasteiger partial charge on any atom is 0.358 e. The molecule has 0 aromatic carbocycles. The number of esters is 1. The van der Waals surface area contributed by atoms with E-state index in [1.807, 2.05) is 0 Å². The first-order valence-corrected chi connectivity index (χ1v) is 5.54. The van der Waals surface area contributed by atoms with E-state index in [9.17, 15) is 4.79 Å². The number of anilines is 2. The summed E-state index contributed by atoms with van der Waals surface area (Å²) in [5.41, 5.74) is 6.84. The van der Waals surface area contributed by atoms with E-state index in [4.69, 9.17) is 5.73 Å². The molecule has 19 heavy (non-hydrogen) atoms. The molecule has 0 fully saturated rings. The molecule has 2 aromatic heterocycles. The summed E-state index contributed by atoms with van der Waals surface area (Å²) in [5.74, 6) is 0.609. The molecule has 0 aliphatic carbocycles. The molecule has 0 atom stereocenters. The third-order valence-corrected chi connectivity index (χ3v) is 2.58. The Labute approximate surface area is 109 Å². The lowest BCUT2D eigenvalue weighted by atomic mass is 10.3. The zero-order chi connectivity index (χ0) is 13.8. The Morgan fingerprint density at radius 3 is 2.79 bits per heavy atom. The van der Waals surface area contributed by atoms with Crippen molar-refractivity contribution in [1.82, 2.24) is 20.0 Å². The van der Waals surface area contributed by atoms with Gasteiger partial charge < -0.3 is 15.8 Å². The van der Waals surface area contributed by atoms with Gasteiger partial charge in [-0.1, -0.05) is 0 Å². The van der Waals surface area contributed by atoms with Crippen LogP contribution in [0.25, 0.3) is 0 Å². The Hall–Kier alpha value is -2.64. The molecule has 2 heterocycles. The first-order chi connectivity index (χ1) is 9.11. The zero-order valence-corrected chi connectivity index (χ0v) is 10.6. The summed E-state index contributed by atoms with van der Waals surface area (Å²) in [6.07, 6.45) is 1.68. The predicted octanol–water partition coefficient (Wildman–Crippen LogP) is 0.191. The van der Waals surface area contributed by atoms with Crippen molar-refractivity contribution in [3.63, 3.8) is 0 Å². The van der Waals surface area contributed by atoms with Crippen LogP contribution in [-0.2, 0) is 18.3 Å². The van der Waals surface area contributed by atoms with E-state index in [1.54, 1.807) is 24.0 Å². The summed E-state index contributed by atoms with van der Waals surface area (Å²) >= 11 is 0. The number of nitrogens with one attached hydrogen (secondary N) is 1. The summed E-state index contributed by atoms with van der Waals surface area (Å²) in [6.45, 7) is 0.478. The van der Waals surface area contributed by atoms with E-state index in [0.29, 0.717) is 18.2 Å². The molecule has 100 valence electrons. The minimum Gasteiger partial charge on any atom is -0.464 e. The fourth-order valence-corrected chi connectivity index (χ4v) is 1.45. The van der Waals surface area contributed by atoms with Crippen LogP contribution in [0.3, 0.4) is 0 Å². The highest BCUT2D eigenvalue weighted by atomic mass is 16.5. The van der Waals surface area contributed by atoms with E-state index in [2.05, 4.69) is 25.3 Å². The van der Waals surface area contributed by atoms with Gasteiger partial charge in [-0.25, -0.2) is 4.79 Å². The molecule has 0 radical (unpaired) electrons. The van der Waals surface area contributed by atoms with Gasteiger partial charge in [-0.3, -0.25) is 4.68 Å². The third kappa shape index (κ3) is 2.79. The number of nitrogens with zero attached hydrogens (tertiary/aromatic N) is 4. The average Bonchev–Trinajstić information content (AvgIpc) is 2.76. The van der Waals surface area contributed by atoms with Crippen LogP contribution in [0.5, 0.6) is 0 Å². The first-order valence-electron chi connectivity index (χ1n) is 5.54. The summed E-state index contributed by atoms with van der Waals surface area (Å²) in [5, 5.41) is 14.7. The van der Waals surface area contributed by atoms with Crippen LogP contribution in [0.15, 0.2) is 18.3 Å². The third-order valence-electron chi connectivity index (χ3n) is 2.58. The number of nitrogen functional groups attached to an aromatic ring is 1. The Balaban J connectivity index is 2.00. The van der Waals surface area contributed by atoms with Gasteiger partial charge in [0.2, 0.25) is 0 Å². The van der Waals surface area contributed by atoms with Gasteiger partial charge in [0.15, 0.2) is 5.69 Å². The van der Waals surface area contributed by atoms with Crippen molar-refractivity contribution in [2.24, 2.45) is 7.05 Å². The number of aryl methyl sites for hydroxylation is 1. The lowest BCUT2D eigenvalue weighted by Gasteiger charge is -2.04. The molecule has 0 saturated carbocycles. The Kier molecular flexibility index (Phi) is 3.60. The molecule has 0 amide bonds. The van der Waals surface area contributed by atoms with Gasteiger partial charge in [0, 0.05) is 19.2 Å². The lowest BCUT2D eigenvalue weighted by molar-refractivity contribution is 0.0593. The van der Waals surface area contributed by atoms with Gasteiger partial charge in [-0.15, -0.1) is 10.2 Å². The number of ether oxygens (including phenoxy) is 1. The highest BCUT2D eigenvalue weighted by Gasteiger charge is 2.08. The van der Waals surface area contributed by atoms with Crippen LogP contribution in [0.1, 0.15) is 16.1 Å². The minimum absolute atomic E-state index is 0.161. The Bertz CT molecular complexity index is 577. The van der Waals surface area contributed by atoms with E-state index < -0.39 is 5.97 Å². The van der Waals surface area contributed by atoms with Gasteiger partial charge >= 0.3 is 5.97 Å². The molecule has 0 saturated heterocycles. The van der Waals surface area contributed by atoms with Crippen LogP contribution in [0.4, 0.5) is 11.6 Å². The molecule has 8 nitrogen and oxygen atoms in total. The van der Waals surface area contributed by atoms with Crippen molar-refractivity contribution in [2.45, 2.75) is 6.54 Å². The number of hydrogen-bond donors (Lipinski definition) is 2. The molecule has 0 unspecified atom stereocenters. The van der Waals surface area contributed by atoms with Crippen LogP contribution in [-0.4, -0.2) is 33.1 Å². The number of methoxy groups -OCH3 is 1. The lowest BCUT2D eigenvalue weighted by Crippen LogP contribution is -2.08. The van der Waals surface area contributed by atoms with Crippen molar-refractivity contribution < 1.29 is 9.53 Å². The van der Waals surface area contributed by atoms with Crippen molar-refractivity contribution in [2.75, 3.05) is 18.2 Å². The van der Waals surface area contributed by atoms with Crippen LogP contribution in [0.2, 0.25) is 0 Å². The molecule has 3 N–H and O–H groups in total. The second kappa shape index (κ2) is 5.34.